The molecule has 1 amide bonds. The summed E-state index contributed by atoms with van der Waals surface area (Å²) in [7, 11) is 1.59. The van der Waals surface area contributed by atoms with E-state index in [0.717, 1.165) is 0 Å². The number of nitrogens with zero attached hydrogens (tertiary/aromatic N) is 3. The minimum Gasteiger partial charge on any atom is -0.335 e. The number of alkyl halides is 3. The quantitative estimate of drug-likeness (QED) is 0.838. The average Bonchev–Trinajstić information content (AvgIpc) is 2.46. The lowest BCUT2D eigenvalue weighted by Crippen LogP contribution is -2.46. The number of rotatable bonds is 3. The molecule has 1 aromatic rings. The average molecular weight is 303 g/mol. The van der Waals surface area contributed by atoms with Gasteiger partial charge in [-0.25, -0.2) is 9.97 Å². The van der Waals surface area contributed by atoms with Crippen LogP contribution in [0.25, 0.3) is 0 Å². The molecule has 0 spiro atoms. The first-order valence-electron chi connectivity index (χ1n) is 6.51. The Morgan fingerprint density at radius 3 is 2.62 bits per heavy atom. The first kappa shape index (κ1) is 15.6. The van der Waals surface area contributed by atoms with E-state index in [2.05, 4.69) is 20.6 Å². The lowest BCUT2D eigenvalue weighted by atomic mass is 10.2. The Kier molecular flexibility index (Phi) is 4.73. The van der Waals surface area contributed by atoms with Gasteiger partial charge in [0.05, 0.1) is 5.69 Å². The molecule has 0 atom stereocenters. The fraction of sp³-hybridized carbons (Fsp3) is 0.583. The molecule has 2 N–H and O–H groups in total. The van der Waals surface area contributed by atoms with E-state index < -0.39 is 17.9 Å². The van der Waals surface area contributed by atoms with Crippen LogP contribution in [0.3, 0.4) is 0 Å². The highest BCUT2D eigenvalue weighted by Gasteiger charge is 2.36. The molecule has 9 heteroatoms. The third kappa shape index (κ3) is 3.88. The van der Waals surface area contributed by atoms with E-state index in [-0.39, 0.29) is 17.9 Å². The number of hydrogen-bond donors (Lipinski definition) is 2. The molecule has 1 aromatic heterocycles. The van der Waals surface area contributed by atoms with Crippen molar-refractivity contribution in [3.05, 3.63) is 23.3 Å². The summed E-state index contributed by atoms with van der Waals surface area (Å²) in [5.74, 6) is -1.78. The van der Waals surface area contributed by atoms with Crippen molar-refractivity contribution >= 4 is 5.91 Å². The van der Waals surface area contributed by atoms with E-state index in [1.165, 1.54) is 11.0 Å². The molecule has 0 aliphatic carbocycles. The smallest absolute Gasteiger partial charge is 0.335 e. The molecule has 0 aromatic carbocycles. The Labute approximate surface area is 119 Å². The molecule has 6 nitrogen and oxygen atoms in total. The highest BCUT2D eigenvalue weighted by molar-refractivity contribution is 5.92. The molecule has 1 aliphatic rings. The first-order valence-corrected chi connectivity index (χ1v) is 6.51. The number of carbonyl (C=O) groups is 1. The second-order valence-corrected chi connectivity index (χ2v) is 4.64. The van der Waals surface area contributed by atoms with Crippen molar-refractivity contribution < 1.29 is 18.0 Å². The zero-order chi connectivity index (χ0) is 15.5. The predicted octanol–water partition coefficient (Wildman–Crippen LogP) is 0.260. The van der Waals surface area contributed by atoms with Crippen LogP contribution in [0.4, 0.5) is 13.2 Å². The molecule has 1 aliphatic heterocycles. The summed E-state index contributed by atoms with van der Waals surface area (Å²) in [6, 6.07) is 1.30. The van der Waals surface area contributed by atoms with E-state index in [4.69, 9.17) is 0 Å². The topological polar surface area (TPSA) is 70.2 Å². The Hall–Kier alpha value is -1.74. The fourth-order valence-corrected chi connectivity index (χ4v) is 2.04. The lowest BCUT2D eigenvalue weighted by molar-refractivity contribution is -0.145. The third-order valence-corrected chi connectivity index (χ3v) is 3.01. The van der Waals surface area contributed by atoms with Gasteiger partial charge in [0.25, 0.3) is 5.91 Å². The van der Waals surface area contributed by atoms with Crippen LogP contribution in [-0.2, 0) is 12.7 Å². The number of hydrogen-bond acceptors (Lipinski definition) is 5. The molecule has 1 fully saturated rings. The normalized spacial score (nSPS) is 16.1. The zero-order valence-electron chi connectivity index (χ0n) is 11.5. The Morgan fingerprint density at radius 2 is 2.05 bits per heavy atom. The van der Waals surface area contributed by atoms with Gasteiger partial charge in [-0.05, 0) is 13.1 Å². The van der Waals surface area contributed by atoms with E-state index in [1.807, 2.05) is 0 Å². The molecule has 1 saturated heterocycles. The first-order chi connectivity index (χ1) is 9.91. The Bertz CT molecular complexity index is 514. The van der Waals surface area contributed by atoms with Crippen LogP contribution in [0.1, 0.15) is 22.0 Å². The van der Waals surface area contributed by atoms with Crippen molar-refractivity contribution in [1.29, 1.82) is 0 Å². The summed E-state index contributed by atoms with van der Waals surface area (Å²) in [5, 5.41) is 5.79. The summed E-state index contributed by atoms with van der Waals surface area (Å²) in [5.41, 5.74) is -0.0808. The molecule has 2 rings (SSSR count). The van der Waals surface area contributed by atoms with Crippen molar-refractivity contribution in [1.82, 2.24) is 25.5 Å². The van der Waals surface area contributed by atoms with Crippen LogP contribution >= 0.6 is 0 Å². The van der Waals surface area contributed by atoms with E-state index in [1.54, 1.807) is 7.05 Å². The van der Waals surface area contributed by atoms with Gasteiger partial charge in [0.15, 0.2) is 0 Å². The highest BCUT2D eigenvalue weighted by atomic mass is 19.4. The van der Waals surface area contributed by atoms with Crippen LogP contribution in [0.2, 0.25) is 0 Å². The third-order valence-electron chi connectivity index (χ3n) is 3.01. The summed E-state index contributed by atoms with van der Waals surface area (Å²) in [6.45, 7) is 2.27. The molecule has 0 radical (unpaired) electrons. The fourth-order valence-electron chi connectivity index (χ4n) is 2.04. The standard InChI is InChI=1S/C12H16F3N5O/c1-16-7-8-6-9(19-11(18-8)12(13,14)15)10(21)20-4-2-17-3-5-20/h6,16-17H,2-5,7H2,1H3. The summed E-state index contributed by atoms with van der Waals surface area (Å²) >= 11 is 0. The van der Waals surface area contributed by atoms with E-state index >= 15 is 0 Å². The summed E-state index contributed by atoms with van der Waals surface area (Å²) in [4.78, 5) is 20.6. The van der Waals surface area contributed by atoms with Crippen molar-refractivity contribution in [3.63, 3.8) is 0 Å². The second-order valence-electron chi connectivity index (χ2n) is 4.64. The predicted molar refractivity (Wildman–Crippen MR) is 68.6 cm³/mol. The van der Waals surface area contributed by atoms with Gasteiger partial charge in [0, 0.05) is 32.7 Å². The van der Waals surface area contributed by atoms with Gasteiger partial charge >= 0.3 is 6.18 Å². The number of carbonyl (C=O) groups excluding carboxylic acids is 1. The summed E-state index contributed by atoms with van der Waals surface area (Å²) in [6.07, 6.45) is -4.68. The number of halogens is 3. The number of nitrogens with one attached hydrogen (secondary N) is 2. The maximum atomic E-state index is 12.8. The van der Waals surface area contributed by atoms with Crippen LogP contribution in [-0.4, -0.2) is 54.0 Å². The molecule has 2 heterocycles. The molecule has 0 saturated carbocycles. The Balaban J connectivity index is 2.32. The van der Waals surface area contributed by atoms with Gasteiger partial charge in [0.1, 0.15) is 5.69 Å². The zero-order valence-corrected chi connectivity index (χ0v) is 11.5. The van der Waals surface area contributed by atoms with Crippen LogP contribution in [0, 0.1) is 0 Å². The second kappa shape index (κ2) is 6.35. The van der Waals surface area contributed by atoms with Crippen molar-refractivity contribution in [2.24, 2.45) is 0 Å². The number of piperazine rings is 1. The van der Waals surface area contributed by atoms with Crippen molar-refractivity contribution in [2.75, 3.05) is 33.2 Å². The van der Waals surface area contributed by atoms with Crippen molar-refractivity contribution in [3.8, 4) is 0 Å². The molecular weight excluding hydrogens is 287 g/mol. The SMILES string of the molecule is CNCc1cc(C(=O)N2CCNCC2)nc(C(F)(F)F)n1. The van der Waals surface area contributed by atoms with Gasteiger partial charge in [-0.15, -0.1) is 0 Å². The lowest BCUT2D eigenvalue weighted by Gasteiger charge is -2.27. The minimum absolute atomic E-state index is 0.132. The monoisotopic (exact) mass is 303 g/mol. The number of amides is 1. The maximum absolute atomic E-state index is 12.8. The van der Waals surface area contributed by atoms with Crippen LogP contribution in [0.5, 0.6) is 0 Å². The van der Waals surface area contributed by atoms with Crippen molar-refractivity contribution in [2.45, 2.75) is 12.7 Å². The van der Waals surface area contributed by atoms with Gasteiger partial charge in [-0.2, -0.15) is 13.2 Å². The summed E-state index contributed by atoms with van der Waals surface area (Å²) < 4.78 is 38.4. The Morgan fingerprint density at radius 1 is 1.38 bits per heavy atom. The largest absolute Gasteiger partial charge is 0.451 e. The molecule has 116 valence electrons. The molecule has 0 bridgehead atoms. The van der Waals surface area contributed by atoms with Gasteiger partial charge in [-0.3, -0.25) is 4.79 Å². The van der Waals surface area contributed by atoms with Crippen LogP contribution < -0.4 is 10.6 Å². The highest BCUT2D eigenvalue weighted by Crippen LogP contribution is 2.26. The maximum Gasteiger partial charge on any atom is 0.451 e. The molecule has 21 heavy (non-hydrogen) atoms. The molecular formula is C12H16F3N5O. The molecule has 0 unspecified atom stereocenters. The van der Waals surface area contributed by atoms with Gasteiger partial charge in [0.2, 0.25) is 5.82 Å². The number of aromatic nitrogens is 2. The van der Waals surface area contributed by atoms with Crippen LogP contribution in [0.15, 0.2) is 6.07 Å². The van der Waals surface area contributed by atoms with Gasteiger partial charge in [-0.1, -0.05) is 0 Å². The van der Waals surface area contributed by atoms with Gasteiger partial charge < -0.3 is 15.5 Å². The van der Waals surface area contributed by atoms with E-state index in [9.17, 15) is 18.0 Å². The van der Waals surface area contributed by atoms with E-state index in [0.29, 0.717) is 26.2 Å². The minimum atomic E-state index is -4.68.